The van der Waals surface area contributed by atoms with Crippen LogP contribution < -0.4 is 10.6 Å². The summed E-state index contributed by atoms with van der Waals surface area (Å²) in [5.41, 5.74) is 2.10. The minimum absolute atomic E-state index is 0.0838. The maximum Gasteiger partial charge on any atom is 0.336 e. The molecule has 0 unspecified atom stereocenters. The molecule has 0 fully saturated rings. The van der Waals surface area contributed by atoms with Gasteiger partial charge in [-0.2, -0.15) is 0 Å². The summed E-state index contributed by atoms with van der Waals surface area (Å²) in [5, 5.41) is 5.33. The van der Waals surface area contributed by atoms with Gasteiger partial charge in [-0.1, -0.05) is 18.2 Å². The van der Waals surface area contributed by atoms with Crippen molar-refractivity contribution < 1.29 is 19.1 Å². The fourth-order valence-electron chi connectivity index (χ4n) is 2.44. The van der Waals surface area contributed by atoms with E-state index in [2.05, 4.69) is 10.6 Å². The third kappa shape index (κ3) is 3.16. The Labute approximate surface area is 128 Å². The Morgan fingerprint density at radius 3 is 2.59 bits per heavy atom. The fourth-order valence-corrected chi connectivity index (χ4v) is 2.44. The average molecular weight is 302 g/mol. The van der Waals surface area contributed by atoms with Gasteiger partial charge in [-0.05, 0) is 25.5 Å². The molecule has 0 bridgehead atoms. The first-order valence-electron chi connectivity index (χ1n) is 6.89. The van der Waals surface area contributed by atoms with Crippen molar-refractivity contribution in [2.24, 2.45) is 5.92 Å². The maximum absolute atomic E-state index is 12.5. The number of amides is 2. The molecule has 0 radical (unpaired) electrons. The summed E-state index contributed by atoms with van der Waals surface area (Å²) < 4.78 is 4.72. The number of nitrogens with one attached hydrogen (secondary N) is 2. The van der Waals surface area contributed by atoms with Crippen LogP contribution in [0.4, 0.5) is 5.69 Å². The monoisotopic (exact) mass is 302 g/mol. The summed E-state index contributed by atoms with van der Waals surface area (Å²) in [7, 11) is 1.25. The SMILES string of the molecule is COC(=O)C1=C(C)NC(=O)C[C@H]1C(=O)Nc1ccccc1C. The van der Waals surface area contributed by atoms with E-state index in [0.29, 0.717) is 11.4 Å². The number of allylic oxidation sites excluding steroid dienone is 1. The molecule has 0 saturated heterocycles. The van der Waals surface area contributed by atoms with Crippen LogP contribution in [0.2, 0.25) is 0 Å². The number of hydrogen-bond donors (Lipinski definition) is 2. The van der Waals surface area contributed by atoms with Crippen molar-refractivity contribution in [2.75, 3.05) is 12.4 Å². The normalized spacial score (nSPS) is 17.8. The van der Waals surface area contributed by atoms with E-state index >= 15 is 0 Å². The summed E-state index contributed by atoms with van der Waals surface area (Å²) in [6.07, 6.45) is -0.0838. The molecule has 22 heavy (non-hydrogen) atoms. The number of rotatable bonds is 3. The van der Waals surface area contributed by atoms with Crippen LogP contribution in [0.1, 0.15) is 18.9 Å². The predicted molar refractivity (Wildman–Crippen MR) is 80.8 cm³/mol. The molecule has 1 aromatic carbocycles. The molecular formula is C16H18N2O4. The van der Waals surface area contributed by atoms with Gasteiger partial charge in [-0.25, -0.2) is 4.79 Å². The quantitative estimate of drug-likeness (QED) is 0.829. The van der Waals surface area contributed by atoms with Crippen LogP contribution in [0.15, 0.2) is 35.5 Å². The Balaban J connectivity index is 2.30. The van der Waals surface area contributed by atoms with Gasteiger partial charge in [0, 0.05) is 17.8 Å². The highest BCUT2D eigenvalue weighted by molar-refractivity contribution is 6.06. The zero-order valence-electron chi connectivity index (χ0n) is 12.7. The smallest absolute Gasteiger partial charge is 0.336 e. The van der Waals surface area contributed by atoms with Gasteiger partial charge in [0.25, 0.3) is 0 Å². The molecule has 2 amide bonds. The first kappa shape index (κ1) is 15.8. The van der Waals surface area contributed by atoms with Gasteiger partial charge >= 0.3 is 5.97 Å². The van der Waals surface area contributed by atoms with E-state index in [9.17, 15) is 14.4 Å². The largest absolute Gasteiger partial charge is 0.466 e. The zero-order chi connectivity index (χ0) is 16.3. The van der Waals surface area contributed by atoms with Gasteiger partial charge in [0.05, 0.1) is 18.6 Å². The lowest BCUT2D eigenvalue weighted by molar-refractivity contribution is -0.139. The minimum atomic E-state index is -0.860. The average Bonchev–Trinajstić information content (AvgIpc) is 2.48. The maximum atomic E-state index is 12.5. The second kappa shape index (κ2) is 6.43. The first-order chi connectivity index (χ1) is 10.4. The summed E-state index contributed by atoms with van der Waals surface area (Å²) in [6.45, 7) is 3.45. The van der Waals surface area contributed by atoms with Crippen LogP contribution in [0, 0.1) is 12.8 Å². The molecule has 1 heterocycles. The van der Waals surface area contributed by atoms with Gasteiger partial charge in [0.15, 0.2) is 0 Å². The van der Waals surface area contributed by atoms with E-state index in [1.807, 2.05) is 19.1 Å². The molecule has 0 spiro atoms. The van der Waals surface area contributed by atoms with Crippen molar-refractivity contribution in [3.8, 4) is 0 Å². The molecule has 0 aromatic heterocycles. The topological polar surface area (TPSA) is 84.5 Å². The highest BCUT2D eigenvalue weighted by Crippen LogP contribution is 2.26. The Morgan fingerprint density at radius 1 is 1.27 bits per heavy atom. The Hall–Kier alpha value is -2.63. The third-order valence-corrected chi connectivity index (χ3v) is 3.59. The first-order valence-corrected chi connectivity index (χ1v) is 6.89. The van der Waals surface area contributed by atoms with Crippen LogP contribution in [0.25, 0.3) is 0 Å². The second-order valence-electron chi connectivity index (χ2n) is 5.14. The standard InChI is InChI=1S/C16H18N2O4/c1-9-6-4-5-7-12(9)18-15(20)11-8-13(19)17-10(2)14(11)16(21)22-3/h4-7,11H,8H2,1-3H3,(H,17,19)(H,18,20)/t11-/m1/s1. The molecule has 1 aliphatic heterocycles. The Kier molecular flexibility index (Phi) is 4.60. The van der Waals surface area contributed by atoms with Crippen LogP contribution in [-0.4, -0.2) is 24.9 Å². The highest BCUT2D eigenvalue weighted by atomic mass is 16.5. The van der Waals surface area contributed by atoms with Crippen LogP contribution >= 0.6 is 0 Å². The van der Waals surface area contributed by atoms with Crippen molar-refractivity contribution in [1.82, 2.24) is 5.32 Å². The Bertz CT molecular complexity index is 664. The molecule has 6 nitrogen and oxygen atoms in total. The van der Waals surface area contributed by atoms with Gasteiger partial charge in [0.2, 0.25) is 11.8 Å². The zero-order valence-corrected chi connectivity index (χ0v) is 12.7. The van der Waals surface area contributed by atoms with Crippen molar-refractivity contribution >= 4 is 23.5 Å². The lowest BCUT2D eigenvalue weighted by Crippen LogP contribution is -2.40. The number of carbonyl (C=O) groups is 3. The summed E-state index contributed by atoms with van der Waals surface area (Å²) in [4.78, 5) is 36.1. The van der Waals surface area contributed by atoms with E-state index in [-0.39, 0.29) is 17.9 Å². The molecule has 1 aromatic rings. The summed E-state index contributed by atoms with van der Waals surface area (Å²) in [5.74, 6) is -2.16. The van der Waals surface area contributed by atoms with Crippen LogP contribution in [-0.2, 0) is 19.1 Å². The fraction of sp³-hybridized carbons (Fsp3) is 0.312. The number of hydrogen-bond acceptors (Lipinski definition) is 4. The van der Waals surface area contributed by atoms with Crippen molar-refractivity contribution in [2.45, 2.75) is 20.3 Å². The van der Waals surface area contributed by atoms with E-state index < -0.39 is 17.8 Å². The molecule has 6 heteroatoms. The van der Waals surface area contributed by atoms with E-state index in [1.54, 1.807) is 19.1 Å². The van der Waals surface area contributed by atoms with E-state index in [0.717, 1.165) is 5.56 Å². The number of esters is 1. The third-order valence-electron chi connectivity index (χ3n) is 3.59. The number of benzene rings is 1. The van der Waals surface area contributed by atoms with Crippen LogP contribution in [0.5, 0.6) is 0 Å². The van der Waals surface area contributed by atoms with Gasteiger partial charge in [0.1, 0.15) is 0 Å². The molecule has 1 atom stereocenters. The molecule has 0 saturated carbocycles. The molecule has 116 valence electrons. The lowest BCUT2D eigenvalue weighted by Gasteiger charge is -2.25. The summed E-state index contributed by atoms with van der Waals surface area (Å²) in [6, 6.07) is 7.30. The predicted octanol–water partition coefficient (Wildman–Crippen LogP) is 1.52. The molecule has 2 N–H and O–H groups in total. The number of carbonyl (C=O) groups excluding carboxylic acids is 3. The van der Waals surface area contributed by atoms with E-state index in [4.69, 9.17) is 4.74 Å². The highest BCUT2D eigenvalue weighted by Gasteiger charge is 2.36. The Morgan fingerprint density at radius 2 is 1.95 bits per heavy atom. The molecule has 0 aliphatic carbocycles. The molecule has 1 aliphatic rings. The number of para-hydroxylation sites is 1. The molecule has 2 rings (SSSR count). The van der Waals surface area contributed by atoms with Gasteiger partial charge in [-0.3, -0.25) is 9.59 Å². The number of methoxy groups -OCH3 is 1. The van der Waals surface area contributed by atoms with E-state index in [1.165, 1.54) is 7.11 Å². The second-order valence-corrected chi connectivity index (χ2v) is 5.14. The van der Waals surface area contributed by atoms with Gasteiger partial charge < -0.3 is 15.4 Å². The number of aryl methyl sites for hydroxylation is 1. The van der Waals surface area contributed by atoms with Crippen LogP contribution in [0.3, 0.4) is 0 Å². The molecular weight excluding hydrogens is 284 g/mol. The summed E-state index contributed by atoms with van der Waals surface area (Å²) >= 11 is 0. The van der Waals surface area contributed by atoms with Crippen molar-refractivity contribution in [1.29, 1.82) is 0 Å². The minimum Gasteiger partial charge on any atom is -0.466 e. The van der Waals surface area contributed by atoms with Crippen molar-refractivity contribution in [3.05, 3.63) is 41.1 Å². The van der Waals surface area contributed by atoms with Crippen molar-refractivity contribution in [3.63, 3.8) is 0 Å². The number of anilines is 1. The lowest BCUT2D eigenvalue weighted by atomic mass is 9.89. The number of ether oxygens (including phenoxy) is 1. The van der Waals surface area contributed by atoms with Gasteiger partial charge in [-0.15, -0.1) is 0 Å².